The third-order valence-corrected chi connectivity index (χ3v) is 5.70. The van der Waals surface area contributed by atoms with Gasteiger partial charge in [0.15, 0.2) is 0 Å². The molecular formula is C40H59W-. The zero-order valence-corrected chi connectivity index (χ0v) is 31.1. The maximum atomic E-state index is 3.25. The van der Waals surface area contributed by atoms with Crippen molar-refractivity contribution in [2.24, 2.45) is 0 Å². The monoisotopic (exact) mass is 723 g/mol. The predicted molar refractivity (Wildman–Crippen MR) is 186 cm³/mol. The molecule has 2 aliphatic rings. The van der Waals surface area contributed by atoms with Crippen LogP contribution in [-0.2, 0) is 40.3 Å². The van der Waals surface area contributed by atoms with E-state index in [0.717, 1.165) is 19.3 Å². The number of rotatable bonds is 0. The Balaban J connectivity index is -0.000000497. The smallest absolute Gasteiger partial charge is 0 e. The van der Waals surface area contributed by atoms with Gasteiger partial charge in [0.05, 0.1) is 0 Å². The van der Waals surface area contributed by atoms with E-state index in [9.17, 15) is 0 Å². The van der Waals surface area contributed by atoms with Gasteiger partial charge in [0.2, 0.25) is 0 Å². The van der Waals surface area contributed by atoms with Gasteiger partial charge in [-0.15, -0.1) is 0 Å². The maximum absolute atomic E-state index is 3.25. The first-order valence-electron chi connectivity index (χ1n) is 15.8. The minimum absolute atomic E-state index is 0. The molecule has 1 heteroatoms. The molecule has 0 fully saturated rings. The summed E-state index contributed by atoms with van der Waals surface area (Å²) >= 11 is 0. The molecule has 0 amide bonds. The molecule has 41 heavy (non-hydrogen) atoms. The topological polar surface area (TPSA) is 0 Å². The third-order valence-electron chi connectivity index (χ3n) is 5.70. The zero-order chi connectivity index (χ0) is 30.8. The van der Waals surface area contributed by atoms with Gasteiger partial charge in [-0.3, -0.25) is 0 Å². The Bertz CT molecular complexity index is 996. The molecule has 0 nitrogen and oxygen atoms in total. The molecule has 4 aromatic rings. The molecule has 0 unspecified atom stereocenters. The summed E-state index contributed by atoms with van der Waals surface area (Å²) in [5.74, 6) is 0. The van der Waals surface area contributed by atoms with Crippen LogP contribution in [0.2, 0.25) is 0 Å². The van der Waals surface area contributed by atoms with Gasteiger partial charge < -0.3 is 6.92 Å². The van der Waals surface area contributed by atoms with E-state index in [0.29, 0.717) is 0 Å². The van der Waals surface area contributed by atoms with Crippen molar-refractivity contribution in [1.82, 2.24) is 0 Å². The largest absolute Gasteiger partial charge is 0.346 e. The normalized spacial score (nSPS) is 9.56. The molecule has 0 saturated carbocycles. The summed E-state index contributed by atoms with van der Waals surface area (Å²) in [7, 11) is 0. The van der Waals surface area contributed by atoms with Gasteiger partial charge >= 0.3 is 0 Å². The van der Waals surface area contributed by atoms with Crippen LogP contribution in [-0.4, -0.2) is 0 Å². The summed E-state index contributed by atoms with van der Waals surface area (Å²) in [4.78, 5) is 0. The Morgan fingerprint density at radius 3 is 0.805 bits per heavy atom. The van der Waals surface area contributed by atoms with Crippen LogP contribution in [0.25, 0.3) is 11.1 Å². The van der Waals surface area contributed by atoms with Crippen molar-refractivity contribution in [3.63, 3.8) is 0 Å². The van der Waals surface area contributed by atoms with E-state index in [1.165, 1.54) is 50.9 Å². The van der Waals surface area contributed by atoms with Crippen LogP contribution in [0.3, 0.4) is 0 Å². The molecule has 0 radical (unpaired) electrons. The van der Waals surface area contributed by atoms with Crippen LogP contribution in [0.5, 0.6) is 0 Å². The average Bonchev–Trinajstić information content (AvgIpc) is 3.44. The number of hydrogen-bond donors (Lipinski definition) is 0. The van der Waals surface area contributed by atoms with Crippen molar-refractivity contribution < 1.29 is 21.1 Å². The molecule has 0 spiro atoms. The van der Waals surface area contributed by atoms with Crippen molar-refractivity contribution in [2.45, 2.75) is 102 Å². The molecular weight excluding hydrogens is 664 g/mol. The predicted octanol–water partition coefficient (Wildman–Crippen LogP) is 12.8. The first-order chi connectivity index (χ1) is 19.8. The molecule has 2 aliphatic carbocycles. The molecule has 0 N–H and O–H groups in total. The van der Waals surface area contributed by atoms with Crippen LogP contribution in [0.1, 0.15) is 116 Å². The SMILES string of the molecule is CC.CC.CC.CC.CCC.[CH2-]C.[W].c1ccc2c(c1)Cc1ccccc1-2.c1ccc2c(c1)Cc1ccccc1C2. The minimum atomic E-state index is 0. The zero-order valence-electron chi connectivity index (χ0n) is 28.2. The van der Waals surface area contributed by atoms with Crippen LogP contribution in [0.4, 0.5) is 0 Å². The van der Waals surface area contributed by atoms with Gasteiger partial charge in [0.25, 0.3) is 0 Å². The first-order valence-corrected chi connectivity index (χ1v) is 15.8. The summed E-state index contributed by atoms with van der Waals surface area (Å²) in [6.07, 6.45) is 4.56. The molecule has 0 heterocycles. The fourth-order valence-corrected chi connectivity index (χ4v) is 4.29. The van der Waals surface area contributed by atoms with Crippen LogP contribution >= 0.6 is 0 Å². The Morgan fingerprint density at radius 2 is 0.561 bits per heavy atom. The Morgan fingerprint density at radius 1 is 0.390 bits per heavy atom. The summed E-state index contributed by atoms with van der Waals surface area (Å²) < 4.78 is 0. The fourth-order valence-electron chi connectivity index (χ4n) is 4.29. The van der Waals surface area contributed by atoms with Gasteiger partial charge in [-0.25, -0.2) is 0 Å². The van der Waals surface area contributed by atoms with E-state index in [1.807, 2.05) is 55.4 Å². The van der Waals surface area contributed by atoms with Crippen LogP contribution < -0.4 is 0 Å². The van der Waals surface area contributed by atoms with Gasteiger partial charge in [-0.1, -0.05) is 173 Å². The average molecular weight is 724 g/mol. The molecule has 0 bridgehead atoms. The van der Waals surface area contributed by atoms with Crippen molar-refractivity contribution in [2.75, 3.05) is 0 Å². The van der Waals surface area contributed by atoms with E-state index in [2.05, 4.69) is 118 Å². The summed E-state index contributed by atoms with van der Waals surface area (Å²) in [6.45, 7) is 25.2. The van der Waals surface area contributed by atoms with E-state index in [-0.39, 0.29) is 21.1 Å². The summed E-state index contributed by atoms with van der Waals surface area (Å²) in [6, 6.07) is 34.8. The summed E-state index contributed by atoms with van der Waals surface area (Å²) in [5, 5.41) is 0. The van der Waals surface area contributed by atoms with E-state index in [4.69, 9.17) is 0 Å². The summed E-state index contributed by atoms with van der Waals surface area (Å²) in [5.41, 5.74) is 11.7. The van der Waals surface area contributed by atoms with Gasteiger partial charge in [-0.05, 0) is 63.8 Å². The van der Waals surface area contributed by atoms with E-state index >= 15 is 0 Å². The van der Waals surface area contributed by atoms with Crippen molar-refractivity contribution >= 4 is 0 Å². The molecule has 6 rings (SSSR count). The van der Waals surface area contributed by atoms with E-state index in [1.54, 1.807) is 6.92 Å². The molecule has 4 aromatic carbocycles. The third kappa shape index (κ3) is 14.3. The standard InChI is InChI=1S/C14H12.C13H10.C3H8.4C2H6.C2H5.W/c1-2-6-12-10-14-8-4-3-7-13(14)9-11(12)5-1;1-3-7-12-10(5-1)9-11-6-2-4-8-13(11)12;1-3-2;5*1-2;/h1-8H,9-10H2;1-8H,9H2;3H2,1-2H3;4*1-2H3;1H2,2H3;/q;;;;;;;-1;. The molecule has 0 atom stereocenters. The Hall–Kier alpha value is -2.43. The van der Waals surface area contributed by atoms with Gasteiger partial charge in [0, 0.05) is 21.1 Å². The fraction of sp³-hybridized carbons (Fsp3) is 0.375. The number of benzene rings is 4. The van der Waals surface area contributed by atoms with Crippen molar-refractivity contribution in [3.8, 4) is 11.1 Å². The van der Waals surface area contributed by atoms with Gasteiger partial charge in [0.1, 0.15) is 0 Å². The van der Waals surface area contributed by atoms with Crippen molar-refractivity contribution in [3.05, 3.63) is 137 Å². The molecule has 0 aliphatic heterocycles. The second kappa shape index (κ2) is 29.1. The van der Waals surface area contributed by atoms with Crippen LogP contribution in [0.15, 0.2) is 97.1 Å². The van der Waals surface area contributed by atoms with E-state index < -0.39 is 0 Å². The number of hydrogen-bond acceptors (Lipinski definition) is 0. The number of fused-ring (bicyclic) bond motifs is 5. The van der Waals surface area contributed by atoms with Crippen molar-refractivity contribution in [1.29, 1.82) is 0 Å². The second-order valence-corrected chi connectivity index (χ2v) is 8.09. The quantitative estimate of drug-likeness (QED) is 0.137. The molecule has 0 aromatic heterocycles. The Labute approximate surface area is 270 Å². The molecule has 0 saturated heterocycles. The molecule has 226 valence electrons. The Kier molecular flexibility index (Phi) is 30.5. The minimum Gasteiger partial charge on any atom is -0.346 e. The first kappa shape index (κ1) is 43.0. The second-order valence-electron chi connectivity index (χ2n) is 8.09. The van der Waals surface area contributed by atoms with Gasteiger partial charge in [-0.2, -0.15) is 6.92 Å². The van der Waals surface area contributed by atoms with Crippen LogP contribution in [0, 0.1) is 6.92 Å². The maximum Gasteiger partial charge on any atom is 0 e.